The van der Waals surface area contributed by atoms with Crippen molar-refractivity contribution in [3.05, 3.63) is 48.8 Å². The van der Waals surface area contributed by atoms with Gasteiger partial charge in [0.15, 0.2) is 0 Å². The maximum absolute atomic E-state index is 10.1. The van der Waals surface area contributed by atoms with E-state index < -0.39 is 6.10 Å². The maximum Gasteiger partial charge on any atom is 0.0923 e. The Morgan fingerprint density at radius 3 is 2.71 bits per heavy atom. The number of thiophene rings is 1. The molecular formula is C12H11Br2NOS. The zero-order chi connectivity index (χ0) is 12.4. The number of halogens is 2. The number of rotatable bonds is 3. The van der Waals surface area contributed by atoms with E-state index in [1.54, 1.807) is 23.7 Å². The molecule has 0 aliphatic heterocycles. The van der Waals surface area contributed by atoms with Gasteiger partial charge in [-0.15, -0.1) is 11.3 Å². The third kappa shape index (κ3) is 3.37. The third-order valence-corrected chi connectivity index (χ3v) is 5.07. The first kappa shape index (κ1) is 13.2. The predicted octanol–water partition coefficient (Wildman–Crippen LogP) is 4.25. The van der Waals surface area contributed by atoms with Crippen LogP contribution in [0.1, 0.15) is 22.1 Å². The molecule has 2 aromatic heterocycles. The van der Waals surface area contributed by atoms with Crippen LogP contribution in [0.25, 0.3) is 0 Å². The summed E-state index contributed by atoms with van der Waals surface area (Å²) >= 11 is 8.42. The Bertz CT molecular complexity index is 507. The minimum Gasteiger partial charge on any atom is -0.387 e. The monoisotopic (exact) mass is 375 g/mol. The molecule has 1 N–H and O–H groups in total. The summed E-state index contributed by atoms with van der Waals surface area (Å²) < 4.78 is 2.02. The number of aryl methyl sites for hydroxylation is 1. The molecule has 2 heterocycles. The van der Waals surface area contributed by atoms with Crippen molar-refractivity contribution in [1.29, 1.82) is 0 Å². The van der Waals surface area contributed by atoms with Crippen molar-refractivity contribution in [3.63, 3.8) is 0 Å². The number of nitrogens with zero attached hydrogens (tertiary/aromatic N) is 1. The largest absolute Gasteiger partial charge is 0.387 e. The van der Waals surface area contributed by atoms with Gasteiger partial charge >= 0.3 is 0 Å². The van der Waals surface area contributed by atoms with E-state index in [4.69, 9.17) is 0 Å². The van der Waals surface area contributed by atoms with Crippen molar-refractivity contribution in [2.24, 2.45) is 0 Å². The Morgan fingerprint density at radius 1 is 1.35 bits per heavy atom. The molecule has 5 heteroatoms. The summed E-state index contributed by atoms with van der Waals surface area (Å²) in [5.74, 6) is 0. The number of aliphatic hydroxyl groups is 1. The highest BCUT2D eigenvalue weighted by Crippen LogP contribution is 2.32. The van der Waals surface area contributed by atoms with Crippen molar-refractivity contribution >= 4 is 43.2 Å². The SMILES string of the molecule is Cc1cc(C(O)Cc2cncc(Br)c2)sc1Br. The first-order valence-electron chi connectivity index (χ1n) is 5.09. The Balaban J connectivity index is 2.14. The fourth-order valence-electron chi connectivity index (χ4n) is 1.54. The second-order valence-corrected chi connectivity index (χ2v) is 7.15. The van der Waals surface area contributed by atoms with E-state index in [1.807, 2.05) is 19.1 Å². The van der Waals surface area contributed by atoms with Crippen molar-refractivity contribution in [3.8, 4) is 0 Å². The highest BCUT2D eigenvalue weighted by molar-refractivity contribution is 9.11. The van der Waals surface area contributed by atoms with Crippen LogP contribution in [0.4, 0.5) is 0 Å². The quantitative estimate of drug-likeness (QED) is 0.868. The number of hydrogen-bond donors (Lipinski definition) is 1. The molecule has 90 valence electrons. The summed E-state index contributed by atoms with van der Waals surface area (Å²) in [6, 6.07) is 4.00. The average Bonchev–Trinajstić information content (AvgIpc) is 2.59. The van der Waals surface area contributed by atoms with Crippen LogP contribution in [0.2, 0.25) is 0 Å². The number of aromatic nitrogens is 1. The second kappa shape index (κ2) is 5.61. The van der Waals surface area contributed by atoms with Gasteiger partial charge in [-0.1, -0.05) is 0 Å². The highest BCUT2D eigenvalue weighted by Gasteiger charge is 2.13. The topological polar surface area (TPSA) is 33.1 Å². The second-order valence-electron chi connectivity index (χ2n) is 3.84. The molecule has 0 bridgehead atoms. The summed E-state index contributed by atoms with van der Waals surface area (Å²) in [6.45, 7) is 2.03. The van der Waals surface area contributed by atoms with Crippen LogP contribution in [0, 0.1) is 6.92 Å². The fraction of sp³-hybridized carbons (Fsp3) is 0.250. The summed E-state index contributed by atoms with van der Waals surface area (Å²) in [5.41, 5.74) is 2.19. The molecule has 17 heavy (non-hydrogen) atoms. The zero-order valence-corrected chi connectivity index (χ0v) is 13.1. The molecule has 0 aliphatic carbocycles. The average molecular weight is 377 g/mol. The van der Waals surface area contributed by atoms with E-state index in [1.165, 1.54) is 0 Å². The summed E-state index contributed by atoms with van der Waals surface area (Å²) in [5, 5.41) is 10.1. The van der Waals surface area contributed by atoms with Gasteiger partial charge in [0, 0.05) is 28.2 Å². The standard InChI is InChI=1S/C12H11Br2NOS/c1-7-2-11(17-12(7)14)10(16)4-8-3-9(13)6-15-5-8/h2-3,5-6,10,16H,4H2,1H3. The summed E-state index contributed by atoms with van der Waals surface area (Å²) in [6.07, 6.45) is 3.63. The minimum absolute atomic E-state index is 0.471. The van der Waals surface area contributed by atoms with Crippen LogP contribution in [0.5, 0.6) is 0 Å². The van der Waals surface area contributed by atoms with Gasteiger partial charge in [0.2, 0.25) is 0 Å². The normalized spacial score (nSPS) is 12.7. The van der Waals surface area contributed by atoms with Gasteiger partial charge in [-0.2, -0.15) is 0 Å². The van der Waals surface area contributed by atoms with Gasteiger partial charge in [-0.3, -0.25) is 4.98 Å². The number of aliphatic hydroxyl groups excluding tert-OH is 1. The fourth-order valence-corrected chi connectivity index (χ4v) is 3.51. The van der Waals surface area contributed by atoms with Gasteiger partial charge in [0.1, 0.15) is 0 Å². The molecule has 0 fully saturated rings. The lowest BCUT2D eigenvalue weighted by Gasteiger charge is -2.08. The molecule has 1 unspecified atom stereocenters. The first-order chi connectivity index (χ1) is 8.06. The number of pyridine rings is 1. The van der Waals surface area contributed by atoms with E-state index in [0.29, 0.717) is 6.42 Å². The Labute approximate surface area is 121 Å². The first-order valence-corrected chi connectivity index (χ1v) is 7.50. The van der Waals surface area contributed by atoms with Gasteiger partial charge in [0.25, 0.3) is 0 Å². The molecule has 0 aliphatic rings. The summed E-state index contributed by atoms with van der Waals surface area (Å²) in [4.78, 5) is 5.07. The van der Waals surface area contributed by atoms with Gasteiger partial charge in [-0.25, -0.2) is 0 Å². The molecule has 0 saturated carbocycles. The molecule has 0 radical (unpaired) electrons. The van der Waals surface area contributed by atoms with Crippen molar-refractivity contribution in [2.45, 2.75) is 19.4 Å². The van der Waals surface area contributed by atoms with E-state index in [9.17, 15) is 5.11 Å². The van der Waals surface area contributed by atoms with E-state index in [2.05, 4.69) is 36.8 Å². The van der Waals surface area contributed by atoms with Crippen LogP contribution in [0.3, 0.4) is 0 Å². The lowest BCUT2D eigenvalue weighted by molar-refractivity contribution is 0.182. The van der Waals surface area contributed by atoms with Crippen LogP contribution >= 0.6 is 43.2 Å². The van der Waals surface area contributed by atoms with Crippen molar-refractivity contribution < 1.29 is 5.11 Å². The third-order valence-electron chi connectivity index (χ3n) is 2.40. The molecule has 2 aromatic rings. The molecule has 2 nitrogen and oxygen atoms in total. The van der Waals surface area contributed by atoms with Crippen molar-refractivity contribution in [1.82, 2.24) is 4.98 Å². The van der Waals surface area contributed by atoms with Gasteiger partial charge in [0.05, 0.1) is 9.89 Å². The Hall–Kier alpha value is -0.230. The maximum atomic E-state index is 10.1. The van der Waals surface area contributed by atoms with E-state index in [-0.39, 0.29) is 0 Å². The van der Waals surface area contributed by atoms with Crippen LogP contribution in [0.15, 0.2) is 32.8 Å². The number of hydrogen-bond acceptors (Lipinski definition) is 3. The van der Waals surface area contributed by atoms with Crippen LogP contribution in [-0.2, 0) is 6.42 Å². The lowest BCUT2D eigenvalue weighted by Crippen LogP contribution is -1.99. The molecule has 2 rings (SSSR count). The molecule has 1 atom stereocenters. The van der Waals surface area contributed by atoms with Gasteiger partial charge in [-0.05, 0) is 62.0 Å². The Kier molecular flexibility index (Phi) is 4.36. The molecular weight excluding hydrogens is 366 g/mol. The zero-order valence-electron chi connectivity index (χ0n) is 9.15. The molecule has 0 aromatic carbocycles. The van der Waals surface area contributed by atoms with E-state index >= 15 is 0 Å². The lowest BCUT2D eigenvalue weighted by atomic mass is 10.1. The Morgan fingerprint density at radius 2 is 2.12 bits per heavy atom. The van der Waals surface area contributed by atoms with E-state index in [0.717, 1.165) is 24.3 Å². The molecule has 0 saturated heterocycles. The highest BCUT2D eigenvalue weighted by atomic mass is 79.9. The molecule has 0 spiro atoms. The van der Waals surface area contributed by atoms with Crippen molar-refractivity contribution in [2.75, 3.05) is 0 Å². The van der Waals surface area contributed by atoms with Gasteiger partial charge < -0.3 is 5.11 Å². The smallest absolute Gasteiger partial charge is 0.0923 e. The molecule has 0 amide bonds. The van der Waals surface area contributed by atoms with Crippen LogP contribution in [-0.4, -0.2) is 10.1 Å². The minimum atomic E-state index is -0.471. The predicted molar refractivity (Wildman–Crippen MR) is 77.4 cm³/mol. The van der Waals surface area contributed by atoms with Crippen LogP contribution < -0.4 is 0 Å². The summed E-state index contributed by atoms with van der Waals surface area (Å²) in [7, 11) is 0.